The average molecular weight is 249 g/mol. The molecular formula is C8H7BrClNO. The minimum absolute atomic E-state index is 0.682. The summed E-state index contributed by atoms with van der Waals surface area (Å²) in [5.41, 5.74) is 0.988. The van der Waals surface area contributed by atoms with E-state index in [1.807, 2.05) is 18.2 Å². The highest BCUT2D eigenvalue weighted by molar-refractivity contribution is 9.08. The maximum atomic E-state index is 10.2. The van der Waals surface area contributed by atoms with Crippen molar-refractivity contribution in [3.63, 3.8) is 0 Å². The molecule has 4 heteroatoms. The van der Waals surface area contributed by atoms with Gasteiger partial charge in [0.25, 0.3) is 0 Å². The molecule has 1 rings (SSSR count). The van der Waals surface area contributed by atoms with E-state index >= 15 is 0 Å². The zero-order valence-electron chi connectivity index (χ0n) is 6.21. The predicted molar refractivity (Wildman–Crippen MR) is 53.5 cm³/mol. The molecule has 0 bridgehead atoms. The smallest absolute Gasteiger partial charge is 0.149 e. The average Bonchev–Trinajstić information content (AvgIpc) is 2.16. The van der Waals surface area contributed by atoms with Gasteiger partial charge in [0, 0.05) is 5.33 Å². The molecule has 1 aromatic rings. The van der Waals surface area contributed by atoms with Crippen molar-refractivity contribution in [1.29, 1.82) is 0 Å². The van der Waals surface area contributed by atoms with Crippen molar-refractivity contribution in [3.05, 3.63) is 40.3 Å². The molecule has 0 aromatic heterocycles. The number of nitroso groups, excluding NO2 is 1. The Hall–Kier alpha value is -0.410. The first-order valence-corrected chi connectivity index (χ1v) is 4.95. The van der Waals surface area contributed by atoms with E-state index in [0.717, 1.165) is 11.1 Å². The largest absolute Gasteiger partial charge is 0.190 e. The third-order valence-electron chi connectivity index (χ3n) is 1.55. The first-order chi connectivity index (χ1) is 5.79. The third kappa shape index (κ3) is 2.05. The van der Waals surface area contributed by atoms with Crippen LogP contribution in [0.3, 0.4) is 0 Å². The maximum Gasteiger partial charge on any atom is 0.190 e. The Morgan fingerprint density at radius 3 is 2.75 bits per heavy atom. The summed E-state index contributed by atoms with van der Waals surface area (Å²) in [5, 5.41) is 3.44. The molecule has 0 fully saturated rings. The van der Waals surface area contributed by atoms with Crippen molar-refractivity contribution in [2.75, 3.05) is 0 Å². The van der Waals surface area contributed by atoms with Crippen LogP contribution in [0, 0.1) is 4.91 Å². The van der Waals surface area contributed by atoms with Crippen LogP contribution >= 0.6 is 27.5 Å². The van der Waals surface area contributed by atoms with E-state index in [4.69, 9.17) is 11.6 Å². The second kappa shape index (κ2) is 4.58. The molecule has 0 amide bonds. The minimum Gasteiger partial charge on any atom is -0.149 e. The van der Waals surface area contributed by atoms with Gasteiger partial charge < -0.3 is 0 Å². The van der Waals surface area contributed by atoms with Gasteiger partial charge in [-0.2, -0.15) is 0 Å². The van der Waals surface area contributed by atoms with Crippen LogP contribution in [0.25, 0.3) is 0 Å². The molecule has 1 atom stereocenters. The summed E-state index contributed by atoms with van der Waals surface area (Å²) in [4.78, 5) is 10.2. The van der Waals surface area contributed by atoms with E-state index in [1.54, 1.807) is 6.07 Å². The van der Waals surface area contributed by atoms with Crippen LogP contribution < -0.4 is 0 Å². The zero-order valence-corrected chi connectivity index (χ0v) is 8.55. The zero-order chi connectivity index (χ0) is 8.97. The number of alkyl halides is 2. The van der Waals surface area contributed by atoms with Crippen LogP contribution in [0.15, 0.2) is 29.4 Å². The summed E-state index contributed by atoms with van der Waals surface area (Å²) in [7, 11) is 0. The van der Waals surface area contributed by atoms with Gasteiger partial charge in [-0.3, -0.25) is 0 Å². The number of hydrogen-bond donors (Lipinski definition) is 0. The van der Waals surface area contributed by atoms with Crippen LogP contribution in [-0.4, -0.2) is 0 Å². The lowest BCUT2D eigenvalue weighted by molar-refractivity contribution is 0.986. The monoisotopic (exact) mass is 247 g/mol. The second-order valence-electron chi connectivity index (χ2n) is 2.27. The molecule has 0 heterocycles. The molecule has 0 spiro atoms. The summed E-state index contributed by atoms with van der Waals surface area (Å²) in [5.74, 6) is 0. The fourth-order valence-corrected chi connectivity index (χ4v) is 1.67. The molecule has 0 aliphatic rings. The van der Waals surface area contributed by atoms with Crippen molar-refractivity contribution >= 4 is 27.5 Å². The molecule has 2 nitrogen and oxygen atoms in total. The first kappa shape index (κ1) is 9.68. The van der Waals surface area contributed by atoms with Crippen molar-refractivity contribution in [2.24, 2.45) is 5.18 Å². The van der Waals surface area contributed by atoms with Gasteiger partial charge in [0.15, 0.2) is 5.50 Å². The predicted octanol–water partition coefficient (Wildman–Crippen LogP) is 3.59. The van der Waals surface area contributed by atoms with Crippen molar-refractivity contribution < 1.29 is 0 Å². The highest BCUT2D eigenvalue weighted by atomic mass is 79.9. The van der Waals surface area contributed by atoms with Crippen LogP contribution in [0.2, 0.25) is 0 Å². The van der Waals surface area contributed by atoms with Crippen molar-refractivity contribution in [1.82, 2.24) is 0 Å². The number of halogens is 2. The molecule has 0 aliphatic heterocycles. The Kier molecular flexibility index (Phi) is 3.69. The SMILES string of the molecule is O=NC(Cl)c1ccccc1CBr. The standard InChI is InChI=1S/C8H7BrClNO/c9-5-6-3-1-2-4-7(6)8(10)11-12/h1-4,8H,5H2. The first-order valence-electron chi connectivity index (χ1n) is 3.40. The van der Waals surface area contributed by atoms with Crippen LogP contribution in [0.4, 0.5) is 0 Å². The maximum absolute atomic E-state index is 10.2. The molecular weight excluding hydrogens is 241 g/mol. The fraction of sp³-hybridized carbons (Fsp3) is 0.250. The second-order valence-corrected chi connectivity index (χ2v) is 3.25. The highest BCUT2D eigenvalue weighted by Crippen LogP contribution is 2.26. The minimum atomic E-state index is -0.779. The number of hydrogen-bond acceptors (Lipinski definition) is 2. The number of benzene rings is 1. The Balaban J connectivity index is 3.04. The van der Waals surface area contributed by atoms with Gasteiger partial charge in [0.05, 0.1) is 0 Å². The van der Waals surface area contributed by atoms with E-state index in [1.165, 1.54) is 0 Å². The topological polar surface area (TPSA) is 29.4 Å². The van der Waals surface area contributed by atoms with Gasteiger partial charge in [-0.1, -0.05) is 51.8 Å². The van der Waals surface area contributed by atoms with Gasteiger partial charge in [-0.15, -0.1) is 4.91 Å². The molecule has 1 aromatic carbocycles. The van der Waals surface area contributed by atoms with Gasteiger partial charge in [-0.05, 0) is 16.3 Å². The quantitative estimate of drug-likeness (QED) is 0.457. The van der Waals surface area contributed by atoms with E-state index in [9.17, 15) is 4.91 Å². The summed E-state index contributed by atoms with van der Waals surface area (Å²) < 4.78 is 0. The fourth-order valence-electron chi connectivity index (χ4n) is 0.945. The van der Waals surface area contributed by atoms with Crippen molar-refractivity contribution in [3.8, 4) is 0 Å². The molecule has 0 radical (unpaired) electrons. The molecule has 0 N–H and O–H groups in total. The van der Waals surface area contributed by atoms with E-state index in [0.29, 0.717) is 5.33 Å². The molecule has 64 valence electrons. The van der Waals surface area contributed by atoms with E-state index in [-0.39, 0.29) is 0 Å². The summed E-state index contributed by atoms with van der Waals surface area (Å²) >= 11 is 8.98. The normalized spacial score (nSPS) is 12.5. The Morgan fingerprint density at radius 2 is 2.17 bits per heavy atom. The Bertz CT molecular complexity index is 280. The van der Waals surface area contributed by atoms with Gasteiger partial charge in [-0.25, -0.2) is 0 Å². The lowest BCUT2D eigenvalue weighted by Gasteiger charge is -2.05. The summed E-state index contributed by atoms with van der Waals surface area (Å²) in [6.07, 6.45) is 0. The lowest BCUT2D eigenvalue weighted by Crippen LogP contribution is -1.91. The van der Waals surface area contributed by atoms with Gasteiger partial charge in [0.1, 0.15) is 0 Å². The van der Waals surface area contributed by atoms with Crippen LogP contribution in [0.5, 0.6) is 0 Å². The lowest BCUT2D eigenvalue weighted by atomic mass is 10.1. The van der Waals surface area contributed by atoms with Crippen LogP contribution in [0.1, 0.15) is 16.6 Å². The Labute approximate surface area is 84.0 Å². The van der Waals surface area contributed by atoms with Crippen molar-refractivity contribution in [2.45, 2.75) is 10.8 Å². The highest BCUT2D eigenvalue weighted by Gasteiger charge is 2.10. The molecule has 0 saturated heterocycles. The summed E-state index contributed by atoms with van der Waals surface area (Å²) in [6.45, 7) is 0. The molecule has 12 heavy (non-hydrogen) atoms. The summed E-state index contributed by atoms with van der Waals surface area (Å²) in [6, 6.07) is 7.44. The Morgan fingerprint density at radius 1 is 1.50 bits per heavy atom. The van der Waals surface area contributed by atoms with Gasteiger partial charge in [0.2, 0.25) is 0 Å². The number of nitrogens with zero attached hydrogens (tertiary/aromatic N) is 1. The molecule has 0 saturated carbocycles. The third-order valence-corrected chi connectivity index (χ3v) is 2.47. The van der Waals surface area contributed by atoms with Crippen LogP contribution in [-0.2, 0) is 5.33 Å². The van der Waals surface area contributed by atoms with E-state index < -0.39 is 5.50 Å². The van der Waals surface area contributed by atoms with E-state index in [2.05, 4.69) is 21.1 Å². The van der Waals surface area contributed by atoms with Gasteiger partial charge >= 0.3 is 0 Å². The molecule has 1 unspecified atom stereocenters. The number of rotatable bonds is 3. The molecule has 0 aliphatic carbocycles.